The predicted molar refractivity (Wildman–Crippen MR) is 117 cm³/mol. The van der Waals surface area contributed by atoms with Crippen LogP contribution in [0.2, 0.25) is 0 Å². The fraction of sp³-hybridized carbons (Fsp3) is 0.500. The molecule has 0 aliphatic heterocycles. The Hall–Kier alpha value is -2.63. The van der Waals surface area contributed by atoms with E-state index in [1.807, 2.05) is 13.0 Å². The highest BCUT2D eigenvalue weighted by molar-refractivity contribution is 5.94. The number of pyridine rings is 1. The van der Waals surface area contributed by atoms with E-state index in [9.17, 15) is 18.4 Å². The molecule has 6 atom stereocenters. The first-order valence-electron chi connectivity index (χ1n) is 11.5. The van der Waals surface area contributed by atoms with Crippen molar-refractivity contribution in [3.05, 3.63) is 59.3 Å². The fourth-order valence-electron chi connectivity index (χ4n) is 6.90. The van der Waals surface area contributed by atoms with Crippen molar-refractivity contribution in [1.29, 1.82) is 0 Å². The Labute approximate surface area is 186 Å². The molecule has 5 rings (SSSR count). The number of halogens is 2. The number of hydrogen-bond acceptors (Lipinski definition) is 3. The van der Waals surface area contributed by atoms with Crippen LogP contribution in [-0.2, 0) is 16.0 Å². The highest BCUT2D eigenvalue weighted by Gasteiger charge is 2.60. The number of aromatic nitrogens is 1. The van der Waals surface area contributed by atoms with Gasteiger partial charge in [-0.05, 0) is 78.7 Å². The second kappa shape index (κ2) is 7.75. The lowest BCUT2D eigenvalue weighted by molar-refractivity contribution is -0.130. The van der Waals surface area contributed by atoms with E-state index in [0.717, 1.165) is 30.4 Å². The number of carbonyl (C=O) groups is 2. The second-order valence-electron chi connectivity index (χ2n) is 10.0. The van der Waals surface area contributed by atoms with E-state index in [4.69, 9.17) is 0 Å². The smallest absolute Gasteiger partial charge is 0.228 e. The number of rotatable bonds is 3. The fourth-order valence-corrected chi connectivity index (χ4v) is 6.90. The maximum Gasteiger partial charge on any atom is 0.228 e. The van der Waals surface area contributed by atoms with Crippen molar-refractivity contribution in [2.24, 2.45) is 29.1 Å². The van der Waals surface area contributed by atoms with Crippen molar-refractivity contribution >= 4 is 17.5 Å². The molecule has 2 aromatic rings. The van der Waals surface area contributed by atoms with Gasteiger partial charge in [-0.1, -0.05) is 26.0 Å². The number of nitrogens with one attached hydrogen (secondary N) is 1. The number of hydrogen-bond donors (Lipinski definition) is 1. The normalized spacial score (nSPS) is 31.9. The van der Waals surface area contributed by atoms with E-state index in [1.54, 1.807) is 6.07 Å². The molecule has 2 saturated carbocycles. The lowest BCUT2D eigenvalue weighted by atomic mass is 9.53. The van der Waals surface area contributed by atoms with Crippen molar-refractivity contribution in [3.8, 4) is 0 Å². The molecule has 168 valence electrons. The monoisotopic (exact) mass is 438 g/mol. The zero-order chi connectivity index (χ0) is 22.6. The van der Waals surface area contributed by atoms with Gasteiger partial charge < -0.3 is 5.32 Å². The highest BCUT2D eigenvalue weighted by atomic mass is 19.1. The Bertz CT molecular complexity index is 1090. The van der Waals surface area contributed by atoms with Crippen molar-refractivity contribution in [2.45, 2.75) is 51.9 Å². The number of amides is 1. The van der Waals surface area contributed by atoms with Crippen LogP contribution in [0, 0.1) is 40.7 Å². The lowest BCUT2D eigenvalue weighted by Gasteiger charge is -2.50. The van der Waals surface area contributed by atoms with Gasteiger partial charge in [-0.15, -0.1) is 0 Å². The van der Waals surface area contributed by atoms with E-state index in [1.165, 1.54) is 24.4 Å². The average molecular weight is 439 g/mol. The molecule has 1 heterocycles. The molecule has 6 heteroatoms. The molecular formula is C26H28F2N2O2. The highest BCUT2D eigenvalue weighted by Crippen LogP contribution is 2.62. The predicted octanol–water partition coefficient (Wildman–Crippen LogP) is 5.29. The summed E-state index contributed by atoms with van der Waals surface area (Å²) >= 11 is 0. The molecule has 1 aromatic carbocycles. The zero-order valence-corrected chi connectivity index (χ0v) is 18.4. The summed E-state index contributed by atoms with van der Waals surface area (Å²) in [5.74, 6) is -0.969. The molecule has 4 nitrogen and oxygen atoms in total. The van der Waals surface area contributed by atoms with Gasteiger partial charge in [-0.3, -0.25) is 9.59 Å². The Morgan fingerprint density at radius 3 is 2.75 bits per heavy atom. The van der Waals surface area contributed by atoms with Gasteiger partial charge in [0.05, 0.1) is 0 Å². The molecule has 1 amide bonds. The minimum Gasteiger partial charge on any atom is -0.308 e. The van der Waals surface area contributed by atoms with Gasteiger partial charge in [0.25, 0.3) is 0 Å². The summed E-state index contributed by atoms with van der Waals surface area (Å²) in [7, 11) is 0. The minimum atomic E-state index is -0.580. The third-order valence-electron chi connectivity index (χ3n) is 8.55. The molecule has 3 aliphatic rings. The van der Waals surface area contributed by atoms with E-state index in [2.05, 4.69) is 17.2 Å². The van der Waals surface area contributed by atoms with Gasteiger partial charge in [0, 0.05) is 24.0 Å². The molecule has 1 aromatic heterocycles. The number of nitrogens with zero attached hydrogens (tertiary/aromatic N) is 1. The van der Waals surface area contributed by atoms with Gasteiger partial charge in [-0.25, -0.2) is 13.8 Å². The molecule has 3 aliphatic carbocycles. The summed E-state index contributed by atoms with van der Waals surface area (Å²) in [6, 6.07) is 8.06. The Balaban J connectivity index is 1.45. The maximum absolute atomic E-state index is 14.4. The van der Waals surface area contributed by atoms with Gasteiger partial charge in [0.15, 0.2) is 11.6 Å². The molecule has 0 saturated heterocycles. The quantitative estimate of drug-likeness (QED) is 0.709. The van der Waals surface area contributed by atoms with Crippen molar-refractivity contribution in [2.75, 3.05) is 5.32 Å². The van der Waals surface area contributed by atoms with Crippen LogP contribution >= 0.6 is 0 Å². The van der Waals surface area contributed by atoms with Crippen LogP contribution in [0.15, 0.2) is 36.5 Å². The number of ketones is 1. The van der Waals surface area contributed by atoms with E-state index < -0.39 is 17.2 Å². The molecule has 0 radical (unpaired) electrons. The van der Waals surface area contributed by atoms with Gasteiger partial charge in [0.2, 0.25) is 5.91 Å². The third kappa shape index (κ3) is 3.18. The second-order valence-corrected chi connectivity index (χ2v) is 10.0. The number of anilines is 1. The SMILES string of the molecule is CC(C(=O)Nc1ncccc1F)[C@@H]1CC(=O)[C@@]2(C)CCC3c4cccc(F)c4CCC3C12. The molecule has 0 bridgehead atoms. The van der Waals surface area contributed by atoms with E-state index >= 15 is 0 Å². The first-order chi connectivity index (χ1) is 15.3. The van der Waals surface area contributed by atoms with Crippen LogP contribution in [0.1, 0.15) is 56.6 Å². The van der Waals surface area contributed by atoms with Crippen LogP contribution in [0.5, 0.6) is 0 Å². The summed E-state index contributed by atoms with van der Waals surface area (Å²) < 4.78 is 28.5. The van der Waals surface area contributed by atoms with Crippen LogP contribution < -0.4 is 5.32 Å². The lowest BCUT2D eigenvalue weighted by Crippen LogP contribution is -2.46. The van der Waals surface area contributed by atoms with Crippen molar-refractivity contribution in [1.82, 2.24) is 4.98 Å². The minimum absolute atomic E-state index is 0.0551. The van der Waals surface area contributed by atoms with Crippen LogP contribution in [0.4, 0.5) is 14.6 Å². The third-order valence-corrected chi connectivity index (χ3v) is 8.55. The molecular weight excluding hydrogens is 410 g/mol. The van der Waals surface area contributed by atoms with Crippen LogP contribution in [0.25, 0.3) is 0 Å². The molecule has 32 heavy (non-hydrogen) atoms. The first kappa shape index (κ1) is 21.2. The summed E-state index contributed by atoms with van der Waals surface area (Å²) in [6.45, 7) is 3.89. The van der Waals surface area contributed by atoms with Crippen LogP contribution in [0.3, 0.4) is 0 Å². The topological polar surface area (TPSA) is 59.1 Å². The zero-order valence-electron chi connectivity index (χ0n) is 18.4. The van der Waals surface area contributed by atoms with E-state index in [-0.39, 0.29) is 47.0 Å². The van der Waals surface area contributed by atoms with Gasteiger partial charge >= 0.3 is 0 Å². The molecule has 4 unspecified atom stereocenters. The summed E-state index contributed by atoms with van der Waals surface area (Å²) in [4.78, 5) is 30.2. The van der Waals surface area contributed by atoms with Gasteiger partial charge in [0.1, 0.15) is 11.6 Å². The standard InChI is InChI=1S/C26H28F2N2O2/c1-14(25(32)30-24-21(28)7-4-12-29-24)19-13-22(31)26(2)11-10-16-15-5-3-6-20(27)17(15)8-9-18(16)23(19)26/h3-7,12,14,16,18-19,23H,8-11,13H2,1-2H3,(H,29,30,32)/t14?,16?,18?,19-,23?,26+/m0/s1. The summed E-state index contributed by atoms with van der Waals surface area (Å²) in [6.07, 6.45) is 4.91. The number of carbonyl (C=O) groups excluding carboxylic acids is 2. The summed E-state index contributed by atoms with van der Waals surface area (Å²) in [5, 5.41) is 2.62. The van der Waals surface area contributed by atoms with E-state index in [0.29, 0.717) is 12.8 Å². The number of benzene rings is 1. The molecule has 0 spiro atoms. The Kier molecular flexibility index (Phi) is 5.14. The molecule has 1 N–H and O–H groups in total. The largest absolute Gasteiger partial charge is 0.308 e. The Morgan fingerprint density at radius 1 is 1.19 bits per heavy atom. The maximum atomic E-state index is 14.4. The first-order valence-corrected chi connectivity index (χ1v) is 11.5. The van der Waals surface area contributed by atoms with Crippen LogP contribution in [-0.4, -0.2) is 16.7 Å². The molecule has 2 fully saturated rings. The summed E-state index contributed by atoms with van der Waals surface area (Å²) in [5.41, 5.74) is 1.44. The van der Waals surface area contributed by atoms with Gasteiger partial charge in [-0.2, -0.15) is 0 Å². The number of fused-ring (bicyclic) bond motifs is 5. The average Bonchev–Trinajstić information content (AvgIpc) is 3.05. The van der Waals surface area contributed by atoms with Crippen molar-refractivity contribution < 1.29 is 18.4 Å². The Morgan fingerprint density at radius 2 is 1.97 bits per heavy atom. The number of Topliss-reactive ketones (excluding diaryl/α,β-unsaturated/α-hetero) is 1. The van der Waals surface area contributed by atoms with Crippen molar-refractivity contribution in [3.63, 3.8) is 0 Å².